The van der Waals surface area contributed by atoms with E-state index in [0.717, 1.165) is 11.1 Å². The van der Waals surface area contributed by atoms with Gasteiger partial charge in [0.15, 0.2) is 0 Å². The summed E-state index contributed by atoms with van der Waals surface area (Å²) in [6, 6.07) is 5.30. The Morgan fingerprint density at radius 2 is 1.80 bits per heavy atom. The number of rotatable bonds is 1. The molecule has 4 heteroatoms. The number of amides is 2. The fourth-order valence-electron chi connectivity index (χ4n) is 1.69. The van der Waals surface area contributed by atoms with Crippen LogP contribution < -0.4 is 5.32 Å². The first-order chi connectivity index (χ1) is 6.96. The van der Waals surface area contributed by atoms with Gasteiger partial charge in [-0.25, -0.2) is 0 Å². The molecule has 2 N–H and O–H groups in total. The van der Waals surface area contributed by atoms with E-state index in [-0.39, 0.29) is 0 Å². The second-order valence-electron chi connectivity index (χ2n) is 3.81. The van der Waals surface area contributed by atoms with Crippen molar-refractivity contribution in [1.82, 2.24) is 5.32 Å². The van der Waals surface area contributed by atoms with E-state index in [4.69, 9.17) is 0 Å². The summed E-state index contributed by atoms with van der Waals surface area (Å²) in [5.74, 6) is -1.30. The smallest absolute Gasteiger partial charge is 0.273 e. The highest BCUT2D eigenvalue weighted by molar-refractivity contribution is 6.24. The maximum absolute atomic E-state index is 11.2. The standard InChI is InChI=1S/C11H11NO3/c1-6-3-4-7(2)8(5-6)11(15)9(13)12-10(11)14/h3-5,15H,1-2H3,(H,12,13,14). The third-order valence-electron chi connectivity index (χ3n) is 2.67. The van der Waals surface area contributed by atoms with E-state index in [1.165, 1.54) is 0 Å². The molecule has 0 bridgehead atoms. The summed E-state index contributed by atoms with van der Waals surface area (Å²) < 4.78 is 0. The highest BCUT2D eigenvalue weighted by Crippen LogP contribution is 2.30. The Morgan fingerprint density at radius 1 is 1.20 bits per heavy atom. The van der Waals surface area contributed by atoms with Gasteiger partial charge in [0.2, 0.25) is 5.60 Å². The molecule has 1 aromatic carbocycles. The number of β-lactam (4-membered cyclic amide) rings is 2. The lowest BCUT2D eigenvalue weighted by Gasteiger charge is -2.34. The molecule has 78 valence electrons. The first-order valence-corrected chi connectivity index (χ1v) is 4.62. The van der Waals surface area contributed by atoms with Crippen LogP contribution >= 0.6 is 0 Å². The van der Waals surface area contributed by atoms with Crippen LogP contribution in [-0.4, -0.2) is 16.9 Å². The van der Waals surface area contributed by atoms with Crippen molar-refractivity contribution in [3.63, 3.8) is 0 Å². The summed E-state index contributed by atoms with van der Waals surface area (Å²) in [6.45, 7) is 3.60. The number of hydrogen-bond donors (Lipinski definition) is 2. The van der Waals surface area contributed by atoms with Crippen LogP contribution in [0.1, 0.15) is 16.7 Å². The number of aliphatic hydroxyl groups is 1. The zero-order valence-corrected chi connectivity index (χ0v) is 8.50. The van der Waals surface area contributed by atoms with Crippen molar-refractivity contribution in [3.05, 3.63) is 34.9 Å². The Bertz CT molecular complexity index is 451. The first kappa shape index (κ1) is 9.86. The van der Waals surface area contributed by atoms with Crippen LogP contribution in [0.25, 0.3) is 0 Å². The van der Waals surface area contributed by atoms with Gasteiger partial charge in [0.25, 0.3) is 11.8 Å². The maximum atomic E-state index is 11.2. The second kappa shape index (κ2) is 2.90. The third kappa shape index (κ3) is 1.18. The number of nitrogens with one attached hydrogen (secondary N) is 1. The van der Waals surface area contributed by atoms with Crippen LogP contribution in [-0.2, 0) is 15.2 Å². The molecular weight excluding hydrogens is 194 g/mol. The van der Waals surface area contributed by atoms with E-state index < -0.39 is 17.4 Å². The van der Waals surface area contributed by atoms with E-state index in [0.29, 0.717) is 5.56 Å². The molecule has 0 saturated carbocycles. The van der Waals surface area contributed by atoms with Crippen LogP contribution in [0.3, 0.4) is 0 Å². The van der Waals surface area contributed by atoms with Crippen molar-refractivity contribution < 1.29 is 14.7 Å². The lowest BCUT2D eigenvalue weighted by atomic mass is 9.83. The molecule has 0 aromatic heterocycles. The lowest BCUT2D eigenvalue weighted by Crippen LogP contribution is -2.67. The Hall–Kier alpha value is -1.68. The molecule has 1 aromatic rings. The first-order valence-electron chi connectivity index (χ1n) is 4.62. The van der Waals surface area contributed by atoms with Gasteiger partial charge in [0.1, 0.15) is 0 Å². The maximum Gasteiger partial charge on any atom is 0.273 e. The summed E-state index contributed by atoms with van der Waals surface area (Å²) in [6.07, 6.45) is 0. The minimum Gasteiger partial charge on any atom is -0.368 e. The molecule has 1 saturated heterocycles. The molecule has 0 radical (unpaired) electrons. The topological polar surface area (TPSA) is 66.4 Å². The van der Waals surface area contributed by atoms with Crippen molar-refractivity contribution in [2.75, 3.05) is 0 Å². The van der Waals surface area contributed by atoms with E-state index in [9.17, 15) is 14.7 Å². The van der Waals surface area contributed by atoms with E-state index >= 15 is 0 Å². The summed E-state index contributed by atoms with van der Waals surface area (Å²) in [4.78, 5) is 22.5. The predicted octanol–water partition coefficient (Wildman–Crippen LogP) is 0.147. The fourth-order valence-corrected chi connectivity index (χ4v) is 1.69. The highest BCUT2D eigenvalue weighted by atomic mass is 16.3. The number of benzene rings is 1. The second-order valence-corrected chi connectivity index (χ2v) is 3.81. The molecule has 0 atom stereocenters. The zero-order chi connectivity index (χ0) is 11.2. The van der Waals surface area contributed by atoms with Crippen molar-refractivity contribution in [2.24, 2.45) is 0 Å². The third-order valence-corrected chi connectivity index (χ3v) is 2.67. The largest absolute Gasteiger partial charge is 0.368 e. The van der Waals surface area contributed by atoms with Crippen LogP contribution in [0.15, 0.2) is 18.2 Å². The zero-order valence-electron chi connectivity index (χ0n) is 8.50. The summed E-state index contributed by atoms with van der Waals surface area (Å²) in [5, 5.41) is 12.0. The van der Waals surface area contributed by atoms with Gasteiger partial charge in [-0.2, -0.15) is 0 Å². The Kier molecular flexibility index (Phi) is 1.91. The van der Waals surface area contributed by atoms with Gasteiger partial charge in [-0.3, -0.25) is 14.9 Å². The van der Waals surface area contributed by atoms with Gasteiger partial charge < -0.3 is 5.11 Å². The van der Waals surface area contributed by atoms with E-state index in [1.807, 2.05) is 18.3 Å². The van der Waals surface area contributed by atoms with Crippen molar-refractivity contribution in [3.8, 4) is 0 Å². The number of imide groups is 1. The van der Waals surface area contributed by atoms with E-state index in [2.05, 4.69) is 0 Å². The summed E-state index contributed by atoms with van der Waals surface area (Å²) >= 11 is 0. The molecule has 0 unspecified atom stereocenters. The average Bonchev–Trinajstić information content (AvgIpc) is 2.21. The molecule has 0 spiro atoms. The van der Waals surface area contributed by atoms with Gasteiger partial charge in [-0.1, -0.05) is 23.8 Å². The molecule has 2 amide bonds. The minimum absolute atomic E-state index is 0.372. The highest BCUT2D eigenvalue weighted by Gasteiger charge is 2.56. The molecule has 1 aliphatic heterocycles. The van der Waals surface area contributed by atoms with Gasteiger partial charge in [-0.05, 0) is 19.4 Å². The minimum atomic E-state index is -1.98. The van der Waals surface area contributed by atoms with Gasteiger partial charge in [0, 0.05) is 5.56 Å². The van der Waals surface area contributed by atoms with Gasteiger partial charge in [-0.15, -0.1) is 0 Å². The Morgan fingerprint density at radius 3 is 2.33 bits per heavy atom. The summed E-state index contributed by atoms with van der Waals surface area (Å²) in [5.41, 5.74) is 0.0231. The molecule has 4 nitrogen and oxygen atoms in total. The summed E-state index contributed by atoms with van der Waals surface area (Å²) in [7, 11) is 0. The van der Waals surface area contributed by atoms with Crippen LogP contribution in [0.4, 0.5) is 0 Å². The molecule has 2 rings (SSSR count). The quantitative estimate of drug-likeness (QED) is 0.506. The Labute approximate surface area is 86.9 Å². The SMILES string of the molecule is Cc1ccc(C)c(C2(O)C(=O)NC2=O)c1. The molecule has 1 fully saturated rings. The lowest BCUT2D eigenvalue weighted by molar-refractivity contribution is -0.170. The normalized spacial score (nSPS) is 18.3. The molecule has 1 heterocycles. The number of carbonyl (C=O) groups is 2. The monoisotopic (exact) mass is 205 g/mol. The van der Waals surface area contributed by atoms with Crippen LogP contribution in [0, 0.1) is 13.8 Å². The number of aryl methyl sites for hydroxylation is 2. The van der Waals surface area contributed by atoms with Gasteiger partial charge >= 0.3 is 0 Å². The van der Waals surface area contributed by atoms with Crippen LogP contribution in [0.5, 0.6) is 0 Å². The fraction of sp³-hybridized carbons (Fsp3) is 0.273. The van der Waals surface area contributed by atoms with E-state index in [1.54, 1.807) is 19.1 Å². The van der Waals surface area contributed by atoms with Crippen molar-refractivity contribution in [2.45, 2.75) is 19.4 Å². The Balaban J connectivity index is 2.58. The number of carbonyl (C=O) groups excluding carboxylic acids is 2. The number of hydrogen-bond acceptors (Lipinski definition) is 3. The molecule has 1 aliphatic rings. The molecular formula is C11H11NO3. The van der Waals surface area contributed by atoms with Crippen LogP contribution in [0.2, 0.25) is 0 Å². The predicted molar refractivity (Wildman–Crippen MR) is 53.0 cm³/mol. The molecule has 0 aliphatic carbocycles. The van der Waals surface area contributed by atoms with Crippen molar-refractivity contribution >= 4 is 11.8 Å². The van der Waals surface area contributed by atoms with Crippen molar-refractivity contribution in [1.29, 1.82) is 0 Å². The molecule has 15 heavy (non-hydrogen) atoms. The van der Waals surface area contributed by atoms with Gasteiger partial charge in [0.05, 0.1) is 0 Å². The average molecular weight is 205 g/mol.